The van der Waals surface area contributed by atoms with Crippen molar-refractivity contribution in [2.75, 3.05) is 12.4 Å². The minimum atomic E-state index is -0.345. The molecule has 1 heterocycles. The molecular formula is C18H27NO3S. The van der Waals surface area contributed by atoms with Crippen molar-refractivity contribution < 1.29 is 14.3 Å². The van der Waals surface area contributed by atoms with E-state index in [9.17, 15) is 9.59 Å². The van der Waals surface area contributed by atoms with Gasteiger partial charge in [-0.3, -0.25) is 4.79 Å². The van der Waals surface area contributed by atoms with E-state index < -0.39 is 0 Å². The predicted molar refractivity (Wildman–Crippen MR) is 94.2 cm³/mol. The van der Waals surface area contributed by atoms with E-state index in [1.165, 1.54) is 12.0 Å². The number of hydrogen-bond acceptors (Lipinski definition) is 4. The fraction of sp³-hybridized carbons (Fsp3) is 0.667. The van der Waals surface area contributed by atoms with Gasteiger partial charge in [0, 0.05) is 11.3 Å². The maximum atomic E-state index is 12.2. The summed E-state index contributed by atoms with van der Waals surface area (Å²) in [7, 11) is 1.39. The van der Waals surface area contributed by atoms with Gasteiger partial charge in [0.1, 0.15) is 5.00 Å². The van der Waals surface area contributed by atoms with Crippen molar-refractivity contribution in [3.8, 4) is 0 Å². The molecule has 0 bridgehead atoms. The third-order valence-electron chi connectivity index (χ3n) is 5.25. The third-order valence-corrected chi connectivity index (χ3v) is 6.42. The minimum absolute atomic E-state index is 0.0702. The molecule has 1 N–H and O–H groups in total. The van der Waals surface area contributed by atoms with Gasteiger partial charge < -0.3 is 10.1 Å². The van der Waals surface area contributed by atoms with Gasteiger partial charge in [0.05, 0.1) is 12.7 Å². The number of methoxy groups -OCH3 is 1. The molecule has 0 fully saturated rings. The molecule has 4 nitrogen and oxygen atoms in total. The Balaban J connectivity index is 2.38. The Hall–Kier alpha value is -1.36. The highest BCUT2D eigenvalue weighted by Crippen LogP contribution is 2.45. The first-order chi connectivity index (χ1) is 10.8. The van der Waals surface area contributed by atoms with Gasteiger partial charge in [-0.25, -0.2) is 4.79 Å². The van der Waals surface area contributed by atoms with Crippen LogP contribution in [0.2, 0.25) is 0 Å². The largest absolute Gasteiger partial charge is 0.465 e. The van der Waals surface area contributed by atoms with E-state index in [4.69, 9.17) is 4.74 Å². The molecule has 128 valence electrons. The summed E-state index contributed by atoms with van der Waals surface area (Å²) in [6.45, 7) is 8.67. The average Bonchev–Trinajstić information content (AvgIpc) is 2.90. The number of carbonyl (C=O) groups excluding carboxylic acids is 2. The number of hydrogen-bond donors (Lipinski definition) is 1. The van der Waals surface area contributed by atoms with Gasteiger partial charge >= 0.3 is 5.97 Å². The highest BCUT2D eigenvalue weighted by Gasteiger charge is 2.35. The highest BCUT2D eigenvalue weighted by atomic mass is 32.1. The van der Waals surface area contributed by atoms with Crippen molar-refractivity contribution in [3.05, 3.63) is 16.0 Å². The van der Waals surface area contributed by atoms with Crippen LogP contribution in [-0.2, 0) is 22.4 Å². The molecule has 0 aliphatic heterocycles. The summed E-state index contributed by atoms with van der Waals surface area (Å²) in [4.78, 5) is 25.2. The third kappa shape index (κ3) is 3.60. The molecule has 0 radical (unpaired) electrons. The first-order valence-electron chi connectivity index (χ1n) is 8.36. The fourth-order valence-corrected chi connectivity index (χ4v) is 4.49. The number of carbonyl (C=O) groups is 2. The van der Waals surface area contributed by atoms with Gasteiger partial charge in [-0.15, -0.1) is 11.3 Å². The zero-order valence-corrected chi connectivity index (χ0v) is 15.6. The lowest BCUT2D eigenvalue weighted by atomic mass is 9.69. The van der Waals surface area contributed by atoms with E-state index in [1.54, 1.807) is 18.3 Å². The summed E-state index contributed by atoms with van der Waals surface area (Å²) in [6, 6.07) is 0. The summed E-state index contributed by atoms with van der Waals surface area (Å²) in [5.74, 6) is 0.195. The Morgan fingerprint density at radius 3 is 2.61 bits per heavy atom. The number of esters is 1. The topological polar surface area (TPSA) is 55.4 Å². The molecule has 0 aromatic carbocycles. The number of ether oxygens (including phenoxy) is 1. The van der Waals surface area contributed by atoms with Crippen LogP contribution < -0.4 is 5.32 Å². The first kappa shape index (κ1) is 18.0. The number of amides is 1. The summed E-state index contributed by atoms with van der Waals surface area (Å²) in [5.41, 5.74) is 1.94. The quantitative estimate of drug-likeness (QED) is 0.809. The Morgan fingerprint density at radius 1 is 1.35 bits per heavy atom. The molecule has 1 atom stereocenters. The second-order valence-electron chi connectivity index (χ2n) is 6.88. The molecule has 1 aliphatic rings. The SMILES string of the molecule is CCC(=O)Nc1sc2c(c1C(=O)OC)CCC(C(C)(C)CC)C2. The fourth-order valence-electron chi connectivity index (χ4n) is 3.16. The van der Waals surface area contributed by atoms with Crippen molar-refractivity contribution in [1.29, 1.82) is 0 Å². The molecule has 0 saturated heterocycles. The van der Waals surface area contributed by atoms with Crippen molar-refractivity contribution in [2.45, 2.75) is 59.8 Å². The molecule has 5 heteroatoms. The number of fused-ring (bicyclic) bond motifs is 1. The lowest BCUT2D eigenvalue weighted by Crippen LogP contribution is -2.28. The van der Waals surface area contributed by atoms with Crippen LogP contribution in [0.15, 0.2) is 0 Å². The molecule has 2 rings (SSSR count). The molecule has 0 saturated carbocycles. The second kappa shape index (κ2) is 7.04. The van der Waals surface area contributed by atoms with Crippen molar-refractivity contribution in [3.63, 3.8) is 0 Å². The van der Waals surface area contributed by atoms with E-state index in [-0.39, 0.29) is 11.9 Å². The van der Waals surface area contributed by atoms with Crippen LogP contribution in [0, 0.1) is 11.3 Å². The molecule has 1 aliphatic carbocycles. The smallest absolute Gasteiger partial charge is 0.341 e. The Bertz CT molecular complexity index is 604. The maximum absolute atomic E-state index is 12.2. The van der Waals surface area contributed by atoms with Gasteiger partial charge in [-0.1, -0.05) is 34.1 Å². The summed E-state index contributed by atoms with van der Waals surface area (Å²) in [6.07, 6.45) is 4.48. The number of anilines is 1. The molecule has 1 amide bonds. The second-order valence-corrected chi connectivity index (χ2v) is 7.99. The number of rotatable bonds is 5. The molecule has 23 heavy (non-hydrogen) atoms. The zero-order chi connectivity index (χ0) is 17.2. The van der Waals surface area contributed by atoms with Crippen molar-refractivity contribution in [2.24, 2.45) is 11.3 Å². The van der Waals surface area contributed by atoms with Gasteiger partial charge in [0.2, 0.25) is 5.91 Å². The van der Waals surface area contributed by atoms with E-state index in [2.05, 4.69) is 26.1 Å². The summed E-state index contributed by atoms with van der Waals surface area (Å²) >= 11 is 1.55. The summed E-state index contributed by atoms with van der Waals surface area (Å²) < 4.78 is 4.95. The number of thiophene rings is 1. The van der Waals surface area contributed by atoms with Crippen LogP contribution in [0.25, 0.3) is 0 Å². The van der Waals surface area contributed by atoms with E-state index in [1.807, 2.05) is 0 Å². The minimum Gasteiger partial charge on any atom is -0.465 e. The predicted octanol–water partition coefficient (Wildman–Crippen LogP) is 4.42. The van der Waals surface area contributed by atoms with Crippen LogP contribution in [-0.4, -0.2) is 19.0 Å². The number of nitrogens with one attached hydrogen (secondary N) is 1. The zero-order valence-electron chi connectivity index (χ0n) is 14.7. The highest BCUT2D eigenvalue weighted by molar-refractivity contribution is 7.17. The Morgan fingerprint density at radius 2 is 2.04 bits per heavy atom. The average molecular weight is 337 g/mol. The van der Waals surface area contributed by atoms with E-state index in [0.717, 1.165) is 31.2 Å². The summed E-state index contributed by atoms with van der Waals surface area (Å²) in [5, 5.41) is 3.54. The first-order valence-corrected chi connectivity index (χ1v) is 9.18. The van der Waals surface area contributed by atoms with Gasteiger partial charge in [0.25, 0.3) is 0 Å². The van der Waals surface area contributed by atoms with Gasteiger partial charge in [-0.2, -0.15) is 0 Å². The van der Waals surface area contributed by atoms with E-state index >= 15 is 0 Å². The van der Waals surface area contributed by atoms with Crippen LogP contribution in [0.3, 0.4) is 0 Å². The van der Waals surface area contributed by atoms with Crippen LogP contribution >= 0.6 is 11.3 Å². The van der Waals surface area contributed by atoms with Crippen molar-refractivity contribution >= 4 is 28.2 Å². The van der Waals surface area contributed by atoms with Crippen LogP contribution in [0.1, 0.15) is 67.8 Å². The molecule has 1 unspecified atom stereocenters. The normalized spacial score (nSPS) is 17.5. The van der Waals surface area contributed by atoms with Crippen LogP contribution in [0.4, 0.5) is 5.00 Å². The molecular weight excluding hydrogens is 310 g/mol. The lowest BCUT2D eigenvalue weighted by Gasteiger charge is -2.36. The molecule has 1 aromatic rings. The maximum Gasteiger partial charge on any atom is 0.341 e. The van der Waals surface area contributed by atoms with Crippen LogP contribution in [0.5, 0.6) is 0 Å². The van der Waals surface area contributed by atoms with Gasteiger partial charge in [0.15, 0.2) is 0 Å². The van der Waals surface area contributed by atoms with Gasteiger partial charge in [-0.05, 0) is 36.2 Å². The Labute approximate surface area is 142 Å². The standard InChI is InChI=1S/C18H27NO3S/c1-6-14(20)19-16-15(17(21)22-5)12-9-8-11(10-13(12)23-16)18(3,4)7-2/h11H,6-10H2,1-5H3,(H,19,20). The van der Waals surface area contributed by atoms with E-state index in [0.29, 0.717) is 28.3 Å². The molecule has 0 spiro atoms. The molecule has 1 aromatic heterocycles. The van der Waals surface area contributed by atoms with Crippen molar-refractivity contribution in [1.82, 2.24) is 0 Å². The lowest BCUT2D eigenvalue weighted by molar-refractivity contribution is -0.115. The monoisotopic (exact) mass is 337 g/mol. The Kier molecular flexibility index (Phi) is 5.50.